The Hall–Kier alpha value is -3.21. The van der Waals surface area contributed by atoms with Gasteiger partial charge in [-0.1, -0.05) is 42.5 Å². The highest BCUT2D eigenvalue weighted by molar-refractivity contribution is 6.24. The van der Waals surface area contributed by atoms with Gasteiger partial charge in [0.2, 0.25) is 0 Å². The molecular weight excluding hydrogens is 342 g/mol. The minimum absolute atomic E-state index is 0.0957. The average molecular weight is 361 g/mol. The number of esters is 1. The van der Waals surface area contributed by atoms with E-state index in [-0.39, 0.29) is 5.78 Å². The summed E-state index contributed by atoms with van der Waals surface area (Å²) in [5.74, 6) is -1.07. The fourth-order valence-electron chi connectivity index (χ4n) is 4.04. The zero-order chi connectivity index (χ0) is 19.1. The Labute approximate surface area is 157 Å². The summed E-state index contributed by atoms with van der Waals surface area (Å²) in [4.78, 5) is 30.6. The lowest BCUT2D eigenvalue weighted by Crippen LogP contribution is -2.34. The van der Waals surface area contributed by atoms with Gasteiger partial charge in [0, 0.05) is 33.9 Å². The lowest BCUT2D eigenvalue weighted by atomic mass is 9.75. The Kier molecular flexibility index (Phi) is 4.15. The molecule has 0 saturated carbocycles. The van der Waals surface area contributed by atoms with Crippen LogP contribution in [-0.2, 0) is 9.53 Å². The Morgan fingerprint density at radius 1 is 1.00 bits per heavy atom. The second kappa shape index (κ2) is 6.50. The quantitative estimate of drug-likeness (QED) is 0.783. The summed E-state index contributed by atoms with van der Waals surface area (Å²) in [6.45, 7) is 1.80. The first-order valence-electron chi connectivity index (χ1n) is 8.72. The van der Waals surface area contributed by atoms with Gasteiger partial charge in [0.1, 0.15) is 11.7 Å². The number of ether oxygens (including phenoxy) is 2. The standard InChI is InChI=1S/C22H19NO4/c1-12-17(22(25)27-3)18(15-10-6-7-11-16(15)26-2)19-20(23-12)13-8-4-5-9-14(13)21(19)24/h4-11,17-18H,1-3H3/t17?,18-/m1/s1. The molecule has 0 radical (unpaired) electrons. The number of hydrogen-bond donors (Lipinski definition) is 0. The van der Waals surface area contributed by atoms with Crippen molar-refractivity contribution in [2.45, 2.75) is 12.8 Å². The number of aliphatic imine (C=N–C) groups is 1. The largest absolute Gasteiger partial charge is 0.496 e. The maximum atomic E-state index is 13.3. The van der Waals surface area contributed by atoms with Gasteiger partial charge in [0.25, 0.3) is 0 Å². The number of methoxy groups -OCH3 is 2. The highest BCUT2D eigenvalue weighted by Gasteiger charge is 2.46. The van der Waals surface area contributed by atoms with Crippen LogP contribution in [-0.4, -0.2) is 31.7 Å². The SMILES string of the molecule is COC(=O)C1C(C)=NC2=C(C(=O)c3ccccc32)[C@@H]1c1ccccc1OC. The number of carbonyl (C=O) groups is 2. The molecule has 5 heteroatoms. The monoisotopic (exact) mass is 361 g/mol. The van der Waals surface area contributed by atoms with Crippen LogP contribution in [0.15, 0.2) is 59.1 Å². The highest BCUT2D eigenvalue weighted by atomic mass is 16.5. The molecule has 1 heterocycles. The number of carbonyl (C=O) groups excluding carboxylic acids is 2. The highest BCUT2D eigenvalue weighted by Crippen LogP contribution is 2.49. The average Bonchev–Trinajstić information content (AvgIpc) is 2.98. The molecule has 0 fully saturated rings. The van der Waals surface area contributed by atoms with Gasteiger partial charge in [0.15, 0.2) is 5.78 Å². The molecule has 1 aliphatic carbocycles. The van der Waals surface area contributed by atoms with E-state index in [2.05, 4.69) is 4.99 Å². The van der Waals surface area contributed by atoms with Crippen molar-refractivity contribution in [3.8, 4) is 5.75 Å². The molecule has 2 aliphatic rings. The molecule has 0 amide bonds. The van der Waals surface area contributed by atoms with Gasteiger partial charge < -0.3 is 9.47 Å². The number of rotatable bonds is 3. The van der Waals surface area contributed by atoms with E-state index in [1.54, 1.807) is 20.1 Å². The second-order valence-electron chi connectivity index (χ2n) is 6.61. The summed E-state index contributed by atoms with van der Waals surface area (Å²) in [5.41, 5.74) is 4.00. The predicted octanol–water partition coefficient (Wildman–Crippen LogP) is 3.65. The summed E-state index contributed by atoms with van der Waals surface area (Å²) in [6.07, 6.45) is 0. The third kappa shape index (κ3) is 2.50. The smallest absolute Gasteiger partial charge is 0.315 e. The molecule has 136 valence electrons. The molecule has 1 unspecified atom stereocenters. The van der Waals surface area contributed by atoms with Crippen LogP contribution in [0.2, 0.25) is 0 Å². The Balaban J connectivity index is 1.99. The van der Waals surface area contributed by atoms with E-state index in [0.29, 0.717) is 28.3 Å². The van der Waals surface area contributed by atoms with E-state index in [4.69, 9.17) is 9.47 Å². The van der Waals surface area contributed by atoms with Crippen molar-refractivity contribution in [1.29, 1.82) is 0 Å². The van der Waals surface area contributed by atoms with Crippen LogP contribution in [0.1, 0.15) is 34.3 Å². The van der Waals surface area contributed by atoms with Gasteiger partial charge in [-0.2, -0.15) is 0 Å². The van der Waals surface area contributed by atoms with Gasteiger partial charge in [-0.15, -0.1) is 0 Å². The number of hydrogen-bond acceptors (Lipinski definition) is 5. The molecule has 0 saturated heterocycles. The van der Waals surface area contributed by atoms with E-state index >= 15 is 0 Å². The third-order valence-electron chi connectivity index (χ3n) is 5.24. The van der Waals surface area contributed by atoms with Crippen molar-refractivity contribution >= 4 is 23.2 Å². The van der Waals surface area contributed by atoms with E-state index in [1.807, 2.05) is 42.5 Å². The van der Waals surface area contributed by atoms with Crippen molar-refractivity contribution < 1.29 is 19.1 Å². The van der Waals surface area contributed by atoms with Gasteiger partial charge in [-0.3, -0.25) is 14.6 Å². The number of ketones is 1. The number of Topliss-reactive ketones (excluding diaryl/α,β-unsaturated/α-hetero) is 1. The van der Waals surface area contributed by atoms with E-state index in [1.165, 1.54) is 7.11 Å². The molecule has 0 spiro atoms. The van der Waals surface area contributed by atoms with E-state index in [0.717, 1.165) is 11.1 Å². The minimum atomic E-state index is -0.677. The number of para-hydroxylation sites is 1. The zero-order valence-electron chi connectivity index (χ0n) is 15.4. The van der Waals surface area contributed by atoms with Crippen molar-refractivity contribution in [3.05, 3.63) is 70.8 Å². The topological polar surface area (TPSA) is 65.0 Å². The Morgan fingerprint density at radius 2 is 1.67 bits per heavy atom. The van der Waals surface area contributed by atoms with Crippen LogP contribution in [0.4, 0.5) is 0 Å². The molecule has 0 bridgehead atoms. The fourth-order valence-corrected chi connectivity index (χ4v) is 4.04. The van der Waals surface area contributed by atoms with Gasteiger partial charge in [-0.05, 0) is 13.0 Å². The van der Waals surface area contributed by atoms with Crippen LogP contribution >= 0.6 is 0 Å². The lowest BCUT2D eigenvalue weighted by molar-refractivity contribution is -0.143. The van der Waals surface area contributed by atoms with E-state index in [9.17, 15) is 9.59 Å². The Morgan fingerprint density at radius 3 is 2.37 bits per heavy atom. The minimum Gasteiger partial charge on any atom is -0.496 e. The van der Waals surface area contributed by atoms with Gasteiger partial charge in [0.05, 0.1) is 19.9 Å². The van der Waals surface area contributed by atoms with Crippen molar-refractivity contribution in [2.75, 3.05) is 14.2 Å². The van der Waals surface area contributed by atoms with Crippen molar-refractivity contribution in [2.24, 2.45) is 10.9 Å². The van der Waals surface area contributed by atoms with Gasteiger partial charge in [-0.25, -0.2) is 0 Å². The first-order chi connectivity index (χ1) is 13.1. The number of nitrogens with zero attached hydrogens (tertiary/aromatic N) is 1. The van der Waals surface area contributed by atoms with Crippen LogP contribution in [0.25, 0.3) is 5.70 Å². The Bertz CT molecular complexity index is 1020. The van der Waals surface area contributed by atoms with Crippen molar-refractivity contribution in [1.82, 2.24) is 0 Å². The zero-order valence-corrected chi connectivity index (χ0v) is 15.4. The molecule has 2 aromatic rings. The summed E-state index contributed by atoms with van der Waals surface area (Å²) < 4.78 is 10.6. The first kappa shape index (κ1) is 17.2. The van der Waals surface area contributed by atoms with Crippen LogP contribution in [0, 0.1) is 5.92 Å². The molecule has 1 aliphatic heterocycles. The normalized spacial score (nSPS) is 20.7. The number of fused-ring (bicyclic) bond motifs is 2. The maximum absolute atomic E-state index is 13.3. The van der Waals surface area contributed by atoms with Crippen LogP contribution in [0.3, 0.4) is 0 Å². The van der Waals surface area contributed by atoms with E-state index < -0.39 is 17.8 Å². The van der Waals surface area contributed by atoms with Crippen molar-refractivity contribution in [3.63, 3.8) is 0 Å². The molecular formula is C22H19NO4. The third-order valence-corrected chi connectivity index (χ3v) is 5.24. The van der Waals surface area contributed by atoms with Crippen LogP contribution in [0.5, 0.6) is 5.75 Å². The molecule has 0 aromatic heterocycles. The summed E-state index contributed by atoms with van der Waals surface area (Å²) >= 11 is 0. The first-order valence-corrected chi connectivity index (χ1v) is 8.72. The molecule has 2 aromatic carbocycles. The van der Waals surface area contributed by atoms with Crippen LogP contribution < -0.4 is 4.74 Å². The number of benzene rings is 2. The molecule has 0 N–H and O–H groups in total. The molecule has 4 rings (SSSR count). The predicted molar refractivity (Wildman–Crippen MR) is 102 cm³/mol. The molecule has 5 nitrogen and oxygen atoms in total. The second-order valence-corrected chi connectivity index (χ2v) is 6.61. The maximum Gasteiger partial charge on any atom is 0.315 e. The molecule has 27 heavy (non-hydrogen) atoms. The summed E-state index contributed by atoms with van der Waals surface area (Å²) in [7, 11) is 2.93. The fraction of sp³-hybridized carbons (Fsp3) is 0.227. The number of allylic oxidation sites excluding steroid dienone is 1. The summed E-state index contributed by atoms with van der Waals surface area (Å²) in [6, 6.07) is 14.9. The van der Waals surface area contributed by atoms with Gasteiger partial charge >= 0.3 is 5.97 Å². The lowest BCUT2D eigenvalue weighted by Gasteiger charge is -2.31. The summed E-state index contributed by atoms with van der Waals surface area (Å²) in [5, 5.41) is 0. The molecule has 2 atom stereocenters.